The molecule has 0 saturated carbocycles. The second-order valence-electron chi connectivity index (χ2n) is 5.98. The fraction of sp³-hybridized carbons (Fsp3) is 0.368. The summed E-state index contributed by atoms with van der Waals surface area (Å²) >= 11 is 5.96. The van der Waals surface area contributed by atoms with Crippen molar-refractivity contribution in [2.45, 2.75) is 25.3 Å². The number of rotatable bonds is 4. The van der Waals surface area contributed by atoms with Crippen molar-refractivity contribution >= 4 is 11.6 Å². The van der Waals surface area contributed by atoms with E-state index < -0.39 is 0 Å². The smallest absolute Gasteiger partial charge is 0.119 e. The van der Waals surface area contributed by atoms with Crippen LogP contribution in [0.25, 0.3) is 0 Å². The number of fused-ring (bicyclic) bond motifs is 1. The molecule has 0 spiro atoms. The summed E-state index contributed by atoms with van der Waals surface area (Å²) in [6.45, 7) is 1.10. The second kappa shape index (κ2) is 6.72. The number of aryl methyl sites for hydroxylation is 1. The number of hydrogen-bond acceptors (Lipinski definition) is 2. The average Bonchev–Trinajstić information content (AvgIpc) is 2.55. The molecule has 2 nitrogen and oxygen atoms in total. The zero-order valence-electron chi connectivity index (χ0n) is 13.2. The minimum atomic E-state index is 0.477. The van der Waals surface area contributed by atoms with Gasteiger partial charge in [0.25, 0.3) is 0 Å². The standard InChI is InChI=1S/C19H22ClNO/c1-21-12-11-15-13-17(22-2)8-9-18(15)19(21)10-5-14-3-6-16(20)7-4-14/h3-4,6-9,13,19H,5,10-12H2,1-2H3. The van der Waals surface area contributed by atoms with Gasteiger partial charge in [0.15, 0.2) is 0 Å². The van der Waals surface area contributed by atoms with Crippen molar-refractivity contribution in [3.63, 3.8) is 0 Å². The fourth-order valence-corrected chi connectivity index (χ4v) is 3.40. The molecule has 3 rings (SSSR count). The molecular formula is C19H22ClNO. The lowest BCUT2D eigenvalue weighted by Gasteiger charge is -2.35. The van der Waals surface area contributed by atoms with Gasteiger partial charge in [-0.2, -0.15) is 0 Å². The van der Waals surface area contributed by atoms with Crippen LogP contribution in [0.3, 0.4) is 0 Å². The van der Waals surface area contributed by atoms with Gasteiger partial charge in [0.2, 0.25) is 0 Å². The molecule has 0 aromatic heterocycles. The van der Waals surface area contributed by atoms with E-state index in [0.717, 1.165) is 36.6 Å². The summed E-state index contributed by atoms with van der Waals surface area (Å²) in [5, 5.41) is 0.802. The molecule has 1 aliphatic heterocycles. The maximum absolute atomic E-state index is 5.96. The third kappa shape index (κ3) is 3.29. The normalized spacial score (nSPS) is 18.0. The summed E-state index contributed by atoms with van der Waals surface area (Å²) < 4.78 is 5.36. The third-order valence-corrected chi connectivity index (χ3v) is 4.85. The lowest BCUT2D eigenvalue weighted by molar-refractivity contribution is 0.219. The van der Waals surface area contributed by atoms with Gasteiger partial charge in [-0.15, -0.1) is 0 Å². The lowest BCUT2D eigenvalue weighted by Crippen LogP contribution is -2.32. The van der Waals surface area contributed by atoms with E-state index in [9.17, 15) is 0 Å². The quantitative estimate of drug-likeness (QED) is 0.823. The molecule has 2 aromatic carbocycles. The van der Waals surface area contributed by atoms with E-state index in [0.29, 0.717) is 6.04 Å². The van der Waals surface area contributed by atoms with Crippen molar-refractivity contribution in [2.75, 3.05) is 20.7 Å². The van der Waals surface area contributed by atoms with Crippen LogP contribution in [0.1, 0.15) is 29.2 Å². The Morgan fingerprint density at radius 1 is 1.18 bits per heavy atom. The highest BCUT2D eigenvalue weighted by Gasteiger charge is 2.24. The number of likely N-dealkylation sites (N-methyl/N-ethyl adjacent to an activating group) is 1. The van der Waals surface area contributed by atoms with Crippen molar-refractivity contribution in [1.82, 2.24) is 4.90 Å². The van der Waals surface area contributed by atoms with Gasteiger partial charge in [-0.25, -0.2) is 0 Å². The fourth-order valence-electron chi connectivity index (χ4n) is 3.27. The maximum atomic E-state index is 5.96. The van der Waals surface area contributed by atoms with Crippen molar-refractivity contribution in [3.05, 3.63) is 64.2 Å². The van der Waals surface area contributed by atoms with Crippen LogP contribution >= 0.6 is 11.6 Å². The summed E-state index contributed by atoms with van der Waals surface area (Å²) in [4.78, 5) is 2.46. The number of halogens is 1. The first-order valence-electron chi connectivity index (χ1n) is 7.79. The molecule has 0 fully saturated rings. The monoisotopic (exact) mass is 315 g/mol. The summed E-state index contributed by atoms with van der Waals surface area (Å²) in [6.07, 6.45) is 3.29. The zero-order valence-corrected chi connectivity index (χ0v) is 13.9. The van der Waals surface area contributed by atoms with E-state index in [1.807, 2.05) is 12.1 Å². The van der Waals surface area contributed by atoms with Gasteiger partial charge in [-0.3, -0.25) is 4.90 Å². The Hall–Kier alpha value is -1.51. The van der Waals surface area contributed by atoms with E-state index >= 15 is 0 Å². The maximum Gasteiger partial charge on any atom is 0.119 e. The first-order chi connectivity index (χ1) is 10.7. The van der Waals surface area contributed by atoms with Gasteiger partial charge in [-0.1, -0.05) is 29.8 Å². The van der Waals surface area contributed by atoms with Gasteiger partial charge in [0.1, 0.15) is 5.75 Å². The van der Waals surface area contributed by atoms with Crippen LogP contribution in [-0.4, -0.2) is 25.6 Å². The van der Waals surface area contributed by atoms with E-state index in [-0.39, 0.29) is 0 Å². The topological polar surface area (TPSA) is 12.5 Å². The summed E-state index contributed by atoms with van der Waals surface area (Å²) in [5.41, 5.74) is 4.22. The van der Waals surface area contributed by atoms with Gasteiger partial charge in [-0.05, 0) is 67.3 Å². The first kappa shape index (κ1) is 15.4. The first-order valence-corrected chi connectivity index (χ1v) is 8.16. The Labute approximate surface area is 137 Å². The van der Waals surface area contributed by atoms with Crippen molar-refractivity contribution < 1.29 is 4.74 Å². The highest BCUT2D eigenvalue weighted by molar-refractivity contribution is 6.30. The summed E-state index contributed by atoms with van der Waals surface area (Å²) in [7, 11) is 3.95. The minimum Gasteiger partial charge on any atom is -0.497 e. The largest absolute Gasteiger partial charge is 0.497 e. The molecule has 3 heteroatoms. The Balaban J connectivity index is 1.77. The minimum absolute atomic E-state index is 0.477. The predicted molar refractivity (Wildman–Crippen MR) is 91.8 cm³/mol. The number of methoxy groups -OCH3 is 1. The second-order valence-corrected chi connectivity index (χ2v) is 6.41. The Bertz CT molecular complexity index is 638. The molecule has 0 bridgehead atoms. The average molecular weight is 316 g/mol. The SMILES string of the molecule is COc1ccc2c(c1)CCN(C)C2CCc1ccc(Cl)cc1. The summed E-state index contributed by atoms with van der Waals surface area (Å²) in [6, 6.07) is 15.2. The van der Waals surface area contributed by atoms with Crippen LogP contribution in [0, 0.1) is 0 Å². The van der Waals surface area contributed by atoms with Gasteiger partial charge in [0, 0.05) is 17.6 Å². The molecule has 116 valence electrons. The Morgan fingerprint density at radius 2 is 1.95 bits per heavy atom. The molecule has 0 N–H and O–H groups in total. The molecule has 22 heavy (non-hydrogen) atoms. The van der Waals surface area contributed by atoms with E-state index in [1.165, 1.54) is 16.7 Å². The van der Waals surface area contributed by atoms with E-state index in [1.54, 1.807) is 7.11 Å². The van der Waals surface area contributed by atoms with Gasteiger partial charge >= 0.3 is 0 Å². The number of nitrogens with zero attached hydrogens (tertiary/aromatic N) is 1. The third-order valence-electron chi connectivity index (χ3n) is 4.59. The van der Waals surface area contributed by atoms with Crippen LogP contribution in [-0.2, 0) is 12.8 Å². The van der Waals surface area contributed by atoms with Crippen molar-refractivity contribution in [3.8, 4) is 5.75 Å². The lowest BCUT2D eigenvalue weighted by atomic mass is 9.89. The van der Waals surface area contributed by atoms with Crippen LogP contribution in [0.15, 0.2) is 42.5 Å². The highest BCUT2D eigenvalue weighted by atomic mass is 35.5. The molecule has 2 aromatic rings. The molecule has 1 aliphatic rings. The predicted octanol–water partition coefficient (Wildman–Crippen LogP) is 4.51. The van der Waals surface area contributed by atoms with Crippen LogP contribution in [0.4, 0.5) is 0 Å². The number of ether oxygens (including phenoxy) is 1. The highest BCUT2D eigenvalue weighted by Crippen LogP contribution is 2.34. The van der Waals surface area contributed by atoms with Gasteiger partial charge in [0.05, 0.1) is 7.11 Å². The molecule has 0 amide bonds. The van der Waals surface area contributed by atoms with Crippen molar-refractivity contribution in [1.29, 1.82) is 0 Å². The number of benzene rings is 2. The van der Waals surface area contributed by atoms with E-state index in [4.69, 9.17) is 16.3 Å². The molecule has 1 unspecified atom stereocenters. The van der Waals surface area contributed by atoms with Crippen LogP contribution in [0.2, 0.25) is 5.02 Å². The van der Waals surface area contributed by atoms with E-state index in [2.05, 4.69) is 42.3 Å². The molecule has 0 aliphatic carbocycles. The Kier molecular flexibility index (Phi) is 4.70. The number of hydrogen-bond donors (Lipinski definition) is 0. The zero-order chi connectivity index (χ0) is 15.5. The Morgan fingerprint density at radius 3 is 2.68 bits per heavy atom. The van der Waals surface area contributed by atoms with Gasteiger partial charge < -0.3 is 4.74 Å². The molecule has 1 heterocycles. The molecule has 0 radical (unpaired) electrons. The molecule has 1 atom stereocenters. The van der Waals surface area contributed by atoms with Crippen LogP contribution in [0.5, 0.6) is 5.75 Å². The molecule has 0 saturated heterocycles. The summed E-state index contributed by atoms with van der Waals surface area (Å²) in [5.74, 6) is 0.958. The van der Waals surface area contributed by atoms with Crippen molar-refractivity contribution in [2.24, 2.45) is 0 Å². The van der Waals surface area contributed by atoms with Crippen LogP contribution < -0.4 is 4.74 Å². The molecular weight excluding hydrogens is 294 g/mol.